The Morgan fingerprint density at radius 1 is 1.10 bits per heavy atom. The summed E-state index contributed by atoms with van der Waals surface area (Å²) in [4.78, 5) is 13.5. The largest absolute Gasteiger partial charge is 0.496 e. The van der Waals surface area contributed by atoms with Gasteiger partial charge >= 0.3 is 5.97 Å². The number of carbonyl (C=O) groups excluding carboxylic acids is 1. The van der Waals surface area contributed by atoms with Crippen molar-refractivity contribution in [3.05, 3.63) is 65.0 Å². The number of rotatable bonds is 6. The highest BCUT2D eigenvalue weighted by Crippen LogP contribution is 2.42. The van der Waals surface area contributed by atoms with E-state index in [4.69, 9.17) is 20.6 Å². The quantitative estimate of drug-likeness (QED) is 0.228. The van der Waals surface area contributed by atoms with E-state index < -0.39 is 5.97 Å². The SMILES string of the molecule is CCOC(=O)c1c(CNC(=N)N)sc2cc(-c3cccc4ccccc34)c(OC)cc12. The van der Waals surface area contributed by atoms with Crippen molar-refractivity contribution in [1.29, 1.82) is 5.41 Å². The highest BCUT2D eigenvalue weighted by Gasteiger charge is 2.22. The molecule has 4 rings (SSSR count). The fraction of sp³-hybridized carbons (Fsp3) is 0.167. The fourth-order valence-electron chi connectivity index (χ4n) is 3.74. The van der Waals surface area contributed by atoms with Crippen molar-refractivity contribution >= 4 is 44.1 Å². The molecule has 0 amide bonds. The summed E-state index contributed by atoms with van der Waals surface area (Å²) in [5.41, 5.74) is 7.96. The van der Waals surface area contributed by atoms with E-state index in [1.54, 1.807) is 14.0 Å². The third kappa shape index (κ3) is 3.92. The van der Waals surface area contributed by atoms with E-state index in [0.29, 0.717) is 11.3 Å². The predicted molar refractivity (Wildman–Crippen MR) is 126 cm³/mol. The van der Waals surface area contributed by atoms with Crippen molar-refractivity contribution in [2.75, 3.05) is 13.7 Å². The van der Waals surface area contributed by atoms with Gasteiger partial charge in [-0.1, -0.05) is 42.5 Å². The van der Waals surface area contributed by atoms with Crippen LogP contribution in [-0.4, -0.2) is 25.6 Å². The fourth-order valence-corrected chi connectivity index (χ4v) is 4.89. The van der Waals surface area contributed by atoms with E-state index in [1.165, 1.54) is 11.3 Å². The monoisotopic (exact) mass is 433 g/mol. The van der Waals surface area contributed by atoms with Gasteiger partial charge in [0.15, 0.2) is 5.96 Å². The summed E-state index contributed by atoms with van der Waals surface area (Å²) < 4.78 is 12.0. The molecule has 0 aliphatic carbocycles. The molecule has 0 saturated carbocycles. The topological polar surface area (TPSA) is 97.4 Å². The van der Waals surface area contributed by atoms with E-state index in [9.17, 15) is 4.79 Å². The summed E-state index contributed by atoms with van der Waals surface area (Å²) in [6, 6.07) is 18.4. The molecule has 4 N–H and O–H groups in total. The van der Waals surface area contributed by atoms with Crippen LogP contribution in [0.3, 0.4) is 0 Å². The number of ether oxygens (including phenoxy) is 2. The molecule has 0 unspecified atom stereocenters. The number of methoxy groups -OCH3 is 1. The lowest BCUT2D eigenvalue weighted by atomic mass is 9.96. The molecule has 1 heterocycles. The Bertz CT molecular complexity index is 1290. The Morgan fingerprint density at radius 2 is 1.87 bits per heavy atom. The molecule has 7 heteroatoms. The molecule has 1 aromatic heterocycles. The van der Waals surface area contributed by atoms with Gasteiger partial charge in [0.2, 0.25) is 0 Å². The Labute approximate surface area is 184 Å². The van der Waals surface area contributed by atoms with Crippen LogP contribution in [0.4, 0.5) is 0 Å². The second kappa shape index (κ2) is 8.65. The Morgan fingerprint density at radius 3 is 2.61 bits per heavy atom. The number of nitrogens with two attached hydrogens (primary N) is 1. The predicted octanol–water partition coefficient (Wildman–Crippen LogP) is 4.89. The van der Waals surface area contributed by atoms with Gasteiger partial charge in [-0.2, -0.15) is 0 Å². The van der Waals surface area contributed by atoms with Gasteiger partial charge in [-0.3, -0.25) is 5.41 Å². The number of hydrogen-bond acceptors (Lipinski definition) is 5. The van der Waals surface area contributed by atoms with Gasteiger partial charge in [-0.15, -0.1) is 11.3 Å². The number of thiophene rings is 1. The van der Waals surface area contributed by atoms with E-state index in [1.807, 2.05) is 24.3 Å². The van der Waals surface area contributed by atoms with Crippen LogP contribution in [0.5, 0.6) is 5.75 Å². The lowest BCUT2D eigenvalue weighted by molar-refractivity contribution is 0.0528. The minimum atomic E-state index is -0.394. The summed E-state index contributed by atoms with van der Waals surface area (Å²) >= 11 is 1.48. The van der Waals surface area contributed by atoms with Crippen LogP contribution in [0, 0.1) is 5.41 Å². The second-order valence-electron chi connectivity index (χ2n) is 6.96. The van der Waals surface area contributed by atoms with Crippen molar-refractivity contribution in [1.82, 2.24) is 5.32 Å². The Balaban J connectivity index is 1.95. The molecular weight excluding hydrogens is 410 g/mol. The van der Waals surface area contributed by atoms with Crippen LogP contribution in [-0.2, 0) is 11.3 Å². The summed E-state index contributed by atoms with van der Waals surface area (Å²) in [6.45, 7) is 2.33. The summed E-state index contributed by atoms with van der Waals surface area (Å²) in [5.74, 6) is 0.133. The Kier molecular flexibility index (Phi) is 5.77. The first kappa shape index (κ1) is 20.7. The maximum Gasteiger partial charge on any atom is 0.339 e. The molecule has 4 aromatic rings. The molecule has 3 aromatic carbocycles. The molecule has 0 aliphatic rings. The van der Waals surface area contributed by atoms with Gasteiger partial charge in [-0.05, 0) is 35.4 Å². The molecule has 0 fully saturated rings. The first-order valence-corrected chi connectivity index (χ1v) is 10.7. The van der Waals surface area contributed by atoms with Crippen molar-refractivity contribution in [3.63, 3.8) is 0 Å². The van der Waals surface area contributed by atoms with Crippen molar-refractivity contribution < 1.29 is 14.3 Å². The third-order valence-electron chi connectivity index (χ3n) is 5.08. The van der Waals surface area contributed by atoms with Gasteiger partial charge in [-0.25, -0.2) is 4.79 Å². The highest BCUT2D eigenvalue weighted by atomic mass is 32.1. The summed E-state index contributed by atoms with van der Waals surface area (Å²) in [7, 11) is 1.63. The van der Waals surface area contributed by atoms with Gasteiger partial charge in [0.25, 0.3) is 0 Å². The molecule has 0 radical (unpaired) electrons. The average molecular weight is 434 g/mol. The first-order chi connectivity index (χ1) is 15.0. The van der Waals surface area contributed by atoms with Gasteiger partial charge in [0, 0.05) is 20.5 Å². The van der Waals surface area contributed by atoms with E-state index in [0.717, 1.165) is 36.9 Å². The number of hydrogen-bond donors (Lipinski definition) is 3. The smallest absolute Gasteiger partial charge is 0.339 e. The van der Waals surface area contributed by atoms with Gasteiger partial charge in [0.05, 0.1) is 25.8 Å². The molecule has 0 bridgehead atoms. The van der Waals surface area contributed by atoms with E-state index >= 15 is 0 Å². The van der Waals surface area contributed by atoms with Crippen LogP contribution in [0.1, 0.15) is 22.2 Å². The normalized spacial score (nSPS) is 10.9. The Hall–Kier alpha value is -3.58. The zero-order valence-corrected chi connectivity index (χ0v) is 18.1. The summed E-state index contributed by atoms with van der Waals surface area (Å²) in [5, 5.41) is 13.3. The number of guanidine groups is 1. The van der Waals surface area contributed by atoms with Crippen LogP contribution in [0.25, 0.3) is 32.0 Å². The lowest BCUT2D eigenvalue weighted by Crippen LogP contribution is -2.29. The zero-order valence-electron chi connectivity index (χ0n) is 17.3. The third-order valence-corrected chi connectivity index (χ3v) is 6.23. The average Bonchev–Trinajstić information content (AvgIpc) is 3.14. The van der Waals surface area contributed by atoms with Crippen LogP contribution < -0.4 is 15.8 Å². The van der Waals surface area contributed by atoms with E-state index in [2.05, 4.69) is 35.6 Å². The lowest BCUT2D eigenvalue weighted by Gasteiger charge is -2.12. The molecule has 31 heavy (non-hydrogen) atoms. The maximum absolute atomic E-state index is 12.7. The molecule has 158 valence electrons. The highest BCUT2D eigenvalue weighted by molar-refractivity contribution is 7.19. The van der Waals surface area contributed by atoms with E-state index in [-0.39, 0.29) is 19.1 Å². The molecule has 0 aliphatic heterocycles. The summed E-state index contributed by atoms with van der Waals surface area (Å²) in [6.07, 6.45) is 0. The van der Waals surface area contributed by atoms with Crippen LogP contribution in [0.2, 0.25) is 0 Å². The number of fused-ring (bicyclic) bond motifs is 2. The minimum absolute atomic E-state index is 0.152. The first-order valence-electron chi connectivity index (χ1n) is 9.90. The van der Waals surface area contributed by atoms with Gasteiger partial charge in [0.1, 0.15) is 5.75 Å². The van der Waals surface area contributed by atoms with Crippen molar-refractivity contribution in [2.45, 2.75) is 13.5 Å². The standard InChI is InChI=1S/C24H23N3O3S/c1-3-30-23(28)22-18-11-19(29-2)17(12-20(18)31-21(22)13-27-24(25)26)16-10-6-8-14-7-4-5-9-15(14)16/h4-12H,3,13H2,1-2H3,(H4,25,26,27). The second-order valence-corrected chi connectivity index (χ2v) is 8.10. The molecule has 6 nitrogen and oxygen atoms in total. The molecule has 0 atom stereocenters. The molecular formula is C24H23N3O3S. The number of esters is 1. The molecule has 0 spiro atoms. The number of carbonyl (C=O) groups is 1. The van der Waals surface area contributed by atoms with Crippen molar-refractivity contribution in [3.8, 4) is 16.9 Å². The van der Waals surface area contributed by atoms with Crippen LogP contribution in [0.15, 0.2) is 54.6 Å². The molecule has 0 saturated heterocycles. The minimum Gasteiger partial charge on any atom is -0.496 e. The maximum atomic E-state index is 12.7. The van der Waals surface area contributed by atoms with Crippen molar-refractivity contribution in [2.24, 2.45) is 5.73 Å². The zero-order chi connectivity index (χ0) is 22.0. The number of benzene rings is 3. The van der Waals surface area contributed by atoms with Crippen LogP contribution >= 0.6 is 11.3 Å². The number of nitrogens with one attached hydrogen (secondary N) is 2. The van der Waals surface area contributed by atoms with Gasteiger partial charge < -0.3 is 20.5 Å².